The van der Waals surface area contributed by atoms with Gasteiger partial charge in [0.25, 0.3) is 10.0 Å². The number of hydrogen-bond acceptors (Lipinski definition) is 6. The number of sulfonamides is 1. The number of anilines is 1. The molecule has 0 saturated heterocycles. The Morgan fingerprint density at radius 2 is 1.87 bits per heavy atom. The third-order valence-electron chi connectivity index (χ3n) is 5.19. The number of benzene rings is 2. The minimum Gasteiger partial charge on any atom is -0.486 e. The van der Waals surface area contributed by atoms with Gasteiger partial charge in [-0.25, -0.2) is 0 Å². The molecule has 2 atom stereocenters. The normalized spacial score (nSPS) is 18.1. The quantitative estimate of drug-likeness (QED) is 0.710. The van der Waals surface area contributed by atoms with Gasteiger partial charge in [0.05, 0.1) is 11.7 Å². The second-order valence-corrected chi connectivity index (χ2v) is 9.41. The van der Waals surface area contributed by atoms with Crippen molar-refractivity contribution in [2.24, 2.45) is 10.3 Å². The number of amidine groups is 1. The highest BCUT2D eigenvalue weighted by Gasteiger charge is 2.25. The topological polar surface area (TPSA) is 106 Å². The Bertz CT molecular complexity index is 1130. The van der Waals surface area contributed by atoms with E-state index >= 15 is 0 Å². The van der Waals surface area contributed by atoms with Gasteiger partial charge in [0.2, 0.25) is 5.91 Å². The number of nitrogens with zero attached hydrogens (tertiary/aromatic N) is 1. The van der Waals surface area contributed by atoms with Crippen LogP contribution in [0.25, 0.3) is 0 Å². The minimum atomic E-state index is -3.73. The molecule has 0 bridgehead atoms. The number of rotatable bonds is 6. The van der Waals surface area contributed by atoms with E-state index in [1.807, 2.05) is 32.0 Å². The summed E-state index contributed by atoms with van der Waals surface area (Å²) in [7, 11) is -3.73. The lowest BCUT2D eigenvalue weighted by Gasteiger charge is -2.22. The van der Waals surface area contributed by atoms with Crippen LogP contribution < -0.4 is 20.1 Å². The molecule has 0 aromatic heterocycles. The Morgan fingerprint density at radius 1 is 1.13 bits per heavy atom. The zero-order chi connectivity index (χ0) is 22.0. The largest absolute Gasteiger partial charge is 0.486 e. The number of ether oxygens (including phenoxy) is 2. The van der Waals surface area contributed by atoms with Crippen LogP contribution in [0.4, 0.5) is 5.69 Å². The molecule has 31 heavy (non-hydrogen) atoms. The van der Waals surface area contributed by atoms with Crippen molar-refractivity contribution in [3.05, 3.63) is 48.0 Å². The Kier molecular flexibility index (Phi) is 5.86. The number of amides is 1. The van der Waals surface area contributed by atoms with Crippen molar-refractivity contribution in [1.82, 2.24) is 5.32 Å². The summed E-state index contributed by atoms with van der Waals surface area (Å²) in [5.41, 5.74) is 1.43. The molecule has 2 aromatic carbocycles. The predicted octanol–water partition coefficient (Wildman–Crippen LogP) is 3.26. The van der Waals surface area contributed by atoms with E-state index in [1.54, 1.807) is 18.2 Å². The second kappa shape index (κ2) is 8.58. The van der Waals surface area contributed by atoms with E-state index in [1.165, 1.54) is 6.07 Å². The fraction of sp³-hybridized carbons (Fsp3) is 0.364. The van der Waals surface area contributed by atoms with Gasteiger partial charge in [-0.05, 0) is 42.7 Å². The molecule has 9 heteroatoms. The maximum Gasteiger partial charge on any atom is 0.286 e. The molecule has 8 nitrogen and oxygen atoms in total. The van der Waals surface area contributed by atoms with Gasteiger partial charge in [0.15, 0.2) is 11.5 Å². The first-order valence-corrected chi connectivity index (χ1v) is 11.6. The van der Waals surface area contributed by atoms with Gasteiger partial charge in [-0.3, -0.25) is 4.79 Å². The van der Waals surface area contributed by atoms with Gasteiger partial charge >= 0.3 is 0 Å². The summed E-state index contributed by atoms with van der Waals surface area (Å²) < 4.78 is 39.7. The zero-order valence-electron chi connectivity index (χ0n) is 17.4. The number of carbonyl (C=O) groups is 1. The van der Waals surface area contributed by atoms with Gasteiger partial charge in [-0.1, -0.05) is 25.1 Å². The molecular weight excluding hydrogens is 418 g/mol. The monoisotopic (exact) mass is 443 g/mol. The van der Waals surface area contributed by atoms with Crippen molar-refractivity contribution in [2.45, 2.75) is 37.6 Å². The van der Waals surface area contributed by atoms with Gasteiger partial charge in [0.1, 0.15) is 23.9 Å². The Hall–Kier alpha value is -3.07. The summed E-state index contributed by atoms with van der Waals surface area (Å²) in [6.45, 7) is 4.84. The molecule has 4 rings (SSSR count). The van der Waals surface area contributed by atoms with E-state index in [9.17, 15) is 13.2 Å². The van der Waals surface area contributed by atoms with Crippen LogP contribution in [0.15, 0.2) is 51.8 Å². The first kappa shape index (κ1) is 21.2. The molecule has 2 aliphatic heterocycles. The fourth-order valence-electron chi connectivity index (χ4n) is 3.69. The molecule has 0 fully saturated rings. The summed E-state index contributed by atoms with van der Waals surface area (Å²) in [5.74, 6) is 1.52. The van der Waals surface area contributed by atoms with Crippen molar-refractivity contribution >= 4 is 27.5 Å². The summed E-state index contributed by atoms with van der Waals surface area (Å²) in [6.07, 6.45) is 0.594. The third kappa shape index (κ3) is 4.82. The molecule has 0 aliphatic carbocycles. The van der Waals surface area contributed by atoms with E-state index in [-0.39, 0.29) is 29.2 Å². The van der Waals surface area contributed by atoms with Crippen molar-refractivity contribution < 1.29 is 22.7 Å². The summed E-state index contributed by atoms with van der Waals surface area (Å²) in [4.78, 5) is 12.7. The lowest BCUT2D eigenvalue weighted by atomic mass is 10.0. The van der Waals surface area contributed by atoms with E-state index in [4.69, 9.17) is 9.47 Å². The smallest absolute Gasteiger partial charge is 0.286 e. The maximum absolute atomic E-state index is 12.5. The molecule has 2 aromatic rings. The SMILES string of the molecule is C[C@@H](CC(=O)N[C@H](C)c1ccc2c(c1)OCCO2)CC1=NS(=O)(=O)c2ccccc2N1. The highest BCUT2D eigenvalue weighted by atomic mass is 32.2. The van der Waals surface area contributed by atoms with E-state index in [0.29, 0.717) is 42.7 Å². The lowest BCUT2D eigenvalue weighted by molar-refractivity contribution is -0.122. The van der Waals surface area contributed by atoms with Crippen LogP contribution in [0.3, 0.4) is 0 Å². The molecule has 0 unspecified atom stereocenters. The highest BCUT2D eigenvalue weighted by molar-refractivity contribution is 7.90. The standard InChI is InChI=1S/C22H25N3O5S/c1-14(11-21-24-17-5-3-4-6-20(17)31(27,28)25-21)12-22(26)23-15(2)16-7-8-18-19(13-16)30-10-9-29-18/h3-8,13-15H,9-12H2,1-2H3,(H,23,26)(H,24,25)/t14-,15-/m1/s1. The molecule has 1 amide bonds. The van der Waals surface area contributed by atoms with Crippen LogP contribution in [0, 0.1) is 5.92 Å². The first-order chi connectivity index (χ1) is 14.8. The molecular formula is C22H25N3O5S. The van der Waals surface area contributed by atoms with Gasteiger partial charge in [-0.15, -0.1) is 4.40 Å². The van der Waals surface area contributed by atoms with Crippen molar-refractivity contribution in [1.29, 1.82) is 0 Å². The van der Waals surface area contributed by atoms with Crippen LogP contribution in [0.1, 0.15) is 38.3 Å². The molecule has 2 aliphatic rings. The second-order valence-electron chi connectivity index (χ2n) is 7.84. The number of para-hydroxylation sites is 1. The Balaban J connectivity index is 1.34. The average molecular weight is 444 g/mol. The molecule has 0 saturated carbocycles. The maximum atomic E-state index is 12.5. The van der Waals surface area contributed by atoms with E-state index in [2.05, 4.69) is 15.0 Å². The van der Waals surface area contributed by atoms with Gasteiger partial charge < -0.3 is 20.1 Å². The molecule has 2 heterocycles. The minimum absolute atomic E-state index is 0.0980. The Labute approximate surface area is 181 Å². The fourth-order valence-corrected chi connectivity index (χ4v) is 4.84. The lowest BCUT2D eigenvalue weighted by Crippen LogP contribution is -2.29. The summed E-state index contributed by atoms with van der Waals surface area (Å²) in [5, 5.41) is 6.05. The molecule has 2 N–H and O–H groups in total. The summed E-state index contributed by atoms with van der Waals surface area (Å²) in [6, 6.07) is 12.1. The van der Waals surface area contributed by atoms with Crippen molar-refractivity contribution in [3.63, 3.8) is 0 Å². The van der Waals surface area contributed by atoms with Crippen LogP contribution in [-0.4, -0.2) is 33.4 Å². The van der Waals surface area contributed by atoms with Gasteiger partial charge in [0, 0.05) is 12.8 Å². The van der Waals surface area contributed by atoms with Crippen molar-refractivity contribution in [3.8, 4) is 11.5 Å². The average Bonchev–Trinajstić information content (AvgIpc) is 2.72. The highest BCUT2D eigenvalue weighted by Crippen LogP contribution is 2.33. The van der Waals surface area contributed by atoms with Crippen LogP contribution in [-0.2, 0) is 14.8 Å². The van der Waals surface area contributed by atoms with Crippen LogP contribution in [0.5, 0.6) is 11.5 Å². The van der Waals surface area contributed by atoms with E-state index < -0.39 is 10.0 Å². The first-order valence-electron chi connectivity index (χ1n) is 10.2. The number of hydrogen-bond donors (Lipinski definition) is 2. The molecule has 0 radical (unpaired) electrons. The number of carbonyl (C=O) groups excluding carboxylic acids is 1. The van der Waals surface area contributed by atoms with Crippen LogP contribution in [0.2, 0.25) is 0 Å². The summed E-state index contributed by atoms with van der Waals surface area (Å²) >= 11 is 0. The van der Waals surface area contributed by atoms with E-state index in [0.717, 1.165) is 5.56 Å². The Morgan fingerprint density at radius 3 is 2.68 bits per heavy atom. The molecule has 164 valence electrons. The van der Waals surface area contributed by atoms with Gasteiger partial charge in [-0.2, -0.15) is 8.42 Å². The predicted molar refractivity (Wildman–Crippen MR) is 117 cm³/mol. The zero-order valence-corrected chi connectivity index (χ0v) is 18.2. The van der Waals surface area contributed by atoms with Crippen LogP contribution >= 0.6 is 0 Å². The molecule has 0 spiro atoms. The third-order valence-corrected chi connectivity index (χ3v) is 6.57. The number of nitrogens with one attached hydrogen (secondary N) is 2. The van der Waals surface area contributed by atoms with Crippen molar-refractivity contribution in [2.75, 3.05) is 18.5 Å². The number of fused-ring (bicyclic) bond motifs is 2.